The van der Waals surface area contributed by atoms with Crippen LogP contribution in [0.4, 0.5) is 4.39 Å². The van der Waals surface area contributed by atoms with Crippen molar-refractivity contribution in [2.45, 2.75) is 6.10 Å². The van der Waals surface area contributed by atoms with Crippen LogP contribution in [0.3, 0.4) is 0 Å². The first kappa shape index (κ1) is 11.0. The van der Waals surface area contributed by atoms with E-state index in [1.54, 1.807) is 6.07 Å². The third-order valence-electron chi connectivity index (χ3n) is 1.64. The van der Waals surface area contributed by atoms with Crippen LogP contribution >= 0.6 is 15.9 Å². The maximum atomic E-state index is 13.2. The Labute approximate surface area is 88.1 Å². The van der Waals surface area contributed by atoms with Gasteiger partial charge in [0.05, 0.1) is 12.6 Å². The largest absolute Gasteiger partial charge is 0.388 e. The molecule has 1 aromatic rings. The molecule has 14 heavy (non-hydrogen) atoms. The van der Waals surface area contributed by atoms with Crippen molar-refractivity contribution in [3.63, 3.8) is 0 Å². The zero-order chi connectivity index (χ0) is 10.6. The molecule has 0 heterocycles. The maximum absolute atomic E-state index is 13.2. The van der Waals surface area contributed by atoms with E-state index < -0.39 is 11.9 Å². The van der Waals surface area contributed by atoms with Crippen LogP contribution in [0, 0.1) is 5.82 Å². The van der Waals surface area contributed by atoms with Gasteiger partial charge in [-0.3, -0.25) is 0 Å². The topological polar surface area (TPSA) is 69.0 Å². The van der Waals surface area contributed by atoms with Crippen molar-refractivity contribution in [2.75, 3.05) is 6.54 Å². The highest BCUT2D eigenvalue weighted by molar-refractivity contribution is 9.10. The molecule has 0 spiro atoms. The van der Waals surface area contributed by atoms with Gasteiger partial charge in [0.2, 0.25) is 0 Å². The summed E-state index contributed by atoms with van der Waals surface area (Å²) in [5.74, 6) is -0.528. The predicted octanol–water partition coefficient (Wildman–Crippen LogP) is 2.93. The molecule has 1 atom stereocenters. The molecule has 0 unspecified atom stereocenters. The number of aliphatic hydroxyl groups is 1. The van der Waals surface area contributed by atoms with Gasteiger partial charge in [-0.2, -0.15) is 0 Å². The van der Waals surface area contributed by atoms with E-state index >= 15 is 0 Å². The number of benzene rings is 1. The van der Waals surface area contributed by atoms with Gasteiger partial charge in [0, 0.05) is 14.9 Å². The fourth-order valence-electron chi connectivity index (χ4n) is 0.984. The molecular weight excluding hydrogens is 253 g/mol. The predicted molar refractivity (Wildman–Crippen MR) is 53.1 cm³/mol. The smallest absolute Gasteiger partial charge is 0.130 e. The molecule has 0 amide bonds. The van der Waals surface area contributed by atoms with E-state index in [1.165, 1.54) is 12.1 Å². The first-order valence-electron chi connectivity index (χ1n) is 3.79. The normalized spacial score (nSPS) is 11.9. The number of hydrogen-bond donors (Lipinski definition) is 1. The van der Waals surface area contributed by atoms with Gasteiger partial charge in [-0.1, -0.05) is 27.1 Å². The van der Waals surface area contributed by atoms with Crippen molar-refractivity contribution in [1.82, 2.24) is 0 Å². The van der Waals surface area contributed by atoms with Crippen molar-refractivity contribution in [3.05, 3.63) is 44.5 Å². The summed E-state index contributed by atoms with van der Waals surface area (Å²) in [6.07, 6.45) is -1.10. The van der Waals surface area contributed by atoms with Crippen LogP contribution in [-0.2, 0) is 0 Å². The summed E-state index contributed by atoms with van der Waals surface area (Å²) in [6, 6.07) is 4.29. The number of nitrogens with zero attached hydrogens (tertiary/aromatic N) is 3. The lowest BCUT2D eigenvalue weighted by Crippen LogP contribution is -2.03. The van der Waals surface area contributed by atoms with Crippen LogP contribution in [0.2, 0.25) is 0 Å². The van der Waals surface area contributed by atoms with E-state index in [4.69, 9.17) is 5.53 Å². The van der Waals surface area contributed by atoms with Gasteiger partial charge in [-0.15, -0.1) is 0 Å². The molecule has 0 saturated carbocycles. The summed E-state index contributed by atoms with van der Waals surface area (Å²) in [6.45, 7) is -0.172. The molecule has 0 radical (unpaired) electrons. The molecule has 0 aliphatic heterocycles. The molecule has 1 N–H and O–H groups in total. The van der Waals surface area contributed by atoms with Crippen molar-refractivity contribution < 1.29 is 9.50 Å². The van der Waals surface area contributed by atoms with E-state index in [0.717, 1.165) is 0 Å². The van der Waals surface area contributed by atoms with Crippen molar-refractivity contribution in [1.29, 1.82) is 0 Å². The maximum Gasteiger partial charge on any atom is 0.130 e. The van der Waals surface area contributed by atoms with Crippen molar-refractivity contribution in [2.24, 2.45) is 5.11 Å². The molecule has 0 fully saturated rings. The van der Waals surface area contributed by atoms with Gasteiger partial charge in [0.1, 0.15) is 5.82 Å². The highest BCUT2D eigenvalue weighted by Gasteiger charge is 2.11. The van der Waals surface area contributed by atoms with E-state index in [0.29, 0.717) is 4.47 Å². The molecule has 0 aliphatic carbocycles. The first-order chi connectivity index (χ1) is 6.65. The first-order valence-corrected chi connectivity index (χ1v) is 4.58. The average molecular weight is 260 g/mol. The monoisotopic (exact) mass is 259 g/mol. The van der Waals surface area contributed by atoms with Gasteiger partial charge in [-0.25, -0.2) is 4.39 Å². The Bertz CT molecular complexity index is 379. The molecular formula is C8H7BrFN3O. The summed E-state index contributed by atoms with van der Waals surface area (Å²) < 4.78 is 13.8. The Morgan fingerprint density at radius 1 is 1.64 bits per heavy atom. The highest BCUT2D eigenvalue weighted by Crippen LogP contribution is 2.21. The summed E-state index contributed by atoms with van der Waals surface area (Å²) in [7, 11) is 0. The van der Waals surface area contributed by atoms with Crippen molar-refractivity contribution >= 4 is 15.9 Å². The van der Waals surface area contributed by atoms with Crippen LogP contribution in [0.15, 0.2) is 27.8 Å². The van der Waals surface area contributed by atoms with Gasteiger partial charge in [0.15, 0.2) is 0 Å². The third kappa shape index (κ3) is 2.70. The Hall–Kier alpha value is -1.10. The van der Waals surface area contributed by atoms with Gasteiger partial charge in [0.25, 0.3) is 0 Å². The number of rotatable bonds is 3. The van der Waals surface area contributed by atoms with Crippen LogP contribution in [0.25, 0.3) is 10.4 Å². The molecule has 74 valence electrons. The summed E-state index contributed by atoms with van der Waals surface area (Å²) >= 11 is 3.09. The molecule has 0 bridgehead atoms. The molecule has 0 aromatic heterocycles. The zero-order valence-corrected chi connectivity index (χ0v) is 8.65. The lowest BCUT2D eigenvalue weighted by atomic mass is 10.1. The Morgan fingerprint density at radius 3 is 2.93 bits per heavy atom. The van der Waals surface area contributed by atoms with Crippen LogP contribution in [0.5, 0.6) is 0 Å². The molecule has 0 saturated heterocycles. The zero-order valence-electron chi connectivity index (χ0n) is 7.06. The number of halogens is 2. The summed E-state index contributed by atoms with van der Waals surface area (Å²) in [4.78, 5) is 2.48. The Balaban J connectivity index is 2.89. The minimum absolute atomic E-state index is 0.126. The Kier molecular flexibility index (Phi) is 3.88. The number of aliphatic hydroxyl groups excluding tert-OH is 1. The van der Waals surface area contributed by atoms with E-state index in [9.17, 15) is 9.50 Å². The summed E-state index contributed by atoms with van der Waals surface area (Å²) in [5, 5.41) is 12.6. The van der Waals surface area contributed by atoms with Crippen LogP contribution in [-0.4, -0.2) is 11.7 Å². The average Bonchev–Trinajstić information content (AvgIpc) is 2.14. The standard InChI is InChI=1S/C8H7BrFN3O/c9-5-1-2-6(7(10)3-5)8(14)4-12-13-11/h1-3,8,14H,4H2/t8-/m1/s1. The fraction of sp³-hybridized carbons (Fsp3) is 0.250. The minimum atomic E-state index is -1.10. The molecule has 1 aromatic carbocycles. The lowest BCUT2D eigenvalue weighted by Gasteiger charge is -2.08. The second kappa shape index (κ2) is 4.95. The molecule has 4 nitrogen and oxygen atoms in total. The second-order valence-corrected chi connectivity index (χ2v) is 3.51. The molecule has 6 heteroatoms. The molecule has 0 aliphatic rings. The van der Waals surface area contributed by atoms with Gasteiger partial charge >= 0.3 is 0 Å². The van der Waals surface area contributed by atoms with Gasteiger partial charge in [-0.05, 0) is 17.7 Å². The van der Waals surface area contributed by atoms with Gasteiger partial charge < -0.3 is 5.11 Å². The van der Waals surface area contributed by atoms with Crippen molar-refractivity contribution in [3.8, 4) is 0 Å². The highest BCUT2D eigenvalue weighted by atomic mass is 79.9. The van der Waals surface area contributed by atoms with Crippen LogP contribution in [0.1, 0.15) is 11.7 Å². The quantitative estimate of drug-likeness (QED) is 0.506. The Morgan fingerprint density at radius 2 is 2.36 bits per heavy atom. The van der Waals surface area contributed by atoms with E-state index in [1.807, 2.05) is 0 Å². The molecule has 1 rings (SSSR count). The minimum Gasteiger partial charge on any atom is -0.388 e. The number of hydrogen-bond acceptors (Lipinski definition) is 2. The van der Waals surface area contributed by atoms with Crippen LogP contribution < -0.4 is 0 Å². The van der Waals surface area contributed by atoms with E-state index in [2.05, 4.69) is 26.0 Å². The lowest BCUT2D eigenvalue weighted by molar-refractivity contribution is 0.182. The van der Waals surface area contributed by atoms with E-state index in [-0.39, 0.29) is 12.1 Å². The second-order valence-electron chi connectivity index (χ2n) is 2.60. The summed E-state index contributed by atoms with van der Waals surface area (Å²) in [5.41, 5.74) is 8.15. The third-order valence-corrected chi connectivity index (χ3v) is 2.13. The fourth-order valence-corrected chi connectivity index (χ4v) is 1.32. The SMILES string of the molecule is [N-]=[N+]=NC[C@@H](O)c1ccc(Br)cc1F. The number of azide groups is 1.